The van der Waals surface area contributed by atoms with E-state index in [0.717, 1.165) is 12.8 Å². The van der Waals surface area contributed by atoms with Crippen LogP contribution in [0.15, 0.2) is 18.2 Å². The molecule has 25 heavy (non-hydrogen) atoms. The van der Waals surface area contributed by atoms with Crippen LogP contribution in [-0.2, 0) is 0 Å². The molecule has 0 saturated heterocycles. The Hall–Kier alpha value is -1.91. The summed E-state index contributed by atoms with van der Waals surface area (Å²) < 4.78 is 0. The first-order valence-electron chi connectivity index (χ1n) is 9.59. The van der Waals surface area contributed by atoms with Gasteiger partial charge in [-0.25, -0.2) is 0 Å². The van der Waals surface area contributed by atoms with E-state index in [1.807, 2.05) is 0 Å². The van der Waals surface area contributed by atoms with E-state index in [2.05, 4.69) is 12.2 Å². The summed E-state index contributed by atoms with van der Waals surface area (Å²) in [6, 6.07) is 4.48. The smallest absolute Gasteiger partial charge is 0.272 e. The van der Waals surface area contributed by atoms with Crippen molar-refractivity contribution in [3.8, 4) is 0 Å². The van der Waals surface area contributed by atoms with Gasteiger partial charge in [0.2, 0.25) is 0 Å². The number of carbonyl (C=O) groups excluding carboxylic acids is 1. The van der Waals surface area contributed by atoms with Gasteiger partial charge in [0.25, 0.3) is 11.6 Å². The molecule has 1 amide bonds. The second-order valence-electron chi connectivity index (χ2n) is 6.70. The number of benzene rings is 1. The zero-order valence-electron chi connectivity index (χ0n) is 15.7. The third kappa shape index (κ3) is 8.66. The Kier molecular flexibility index (Phi) is 10.5. The van der Waals surface area contributed by atoms with E-state index in [1.54, 1.807) is 13.0 Å². The van der Waals surface area contributed by atoms with Crippen molar-refractivity contribution in [1.29, 1.82) is 0 Å². The third-order valence-electron chi connectivity index (χ3n) is 4.47. The number of nitrogens with one attached hydrogen (secondary N) is 1. The average molecular weight is 348 g/mol. The van der Waals surface area contributed by atoms with Crippen molar-refractivity contribution in [3.05, 3.63) is 39.4 Å². The molecule has 0 aliphatic rings. The predicted molar refractivity (Wildman–Crippen MR) is 102 cm³/mol. The second kappa shape index (κ2) is 12.5. The molecule has 1 N–H and O–H groups in total. The molecule has 0 atom stereocenters. The second-order valence-corrected chi connectivity index (χ2v) is 6.70. The highest BCUT2D eigenvalue weighted by atomic mass is 16.6. The van der Waals surface area contributed by atoms with E-state index in [4.69, 9.17) is 0 Å². The molecule has 0 saturated carbocycles. The van der Waals surface area contributed by atoms with E-state index in [1.165, 1.54) is 63.5 Å². The van der Waals surface area contributed by atoms with Crippen LogP contribution in [0, 0.1) is 17.0 Å². The van der Waals surface area contributed by atoms with Crippen LogP contribution < -0.4 is 5.32 Å². The van der Waals surface area contributed by atoms with Crippen LogP contribution in [0.5, 0.6) is 0 Å². The van der Waals surface area contributed by atoms with Crippen LogP contribution in [0.1, 0.15) is 87.1 Å². The largest absolute Gasteiger partial charge is 0.352 e. The number of nitro benzene ring substituents is 1. The van der Waals surface area contributed by atoms with Gasteiger partial charge < -0.3 is 5.32 Å². The van der Waals surface area contributed by atoms with Crippen LogP contribution in [-0.4, -0.2) is 17.4 Å². The van der Waals surface area contributed by atoms with Crippen molar-refractivity contribution in [2.75, 3.05) is 6.54 Å². The summed E-state index contributed by atoms with van der Waals surface area (Å²) in [5.41, 5.74) is 1.04. The van der Waals surface area contributed by atoms with Crippen LogP contribution >= 0.6 is 0 Å². The van der Waals surface area contributed by atoms with Gasteiger partial charge in [-0.1, -0.05) is 64.7 Å². The van der Waals surface area contributed by atoms with Crippen molar-refractivity contribution in [1.82, 2.24) is 5.32 Å². The maximum Gasteiger partial charge on any atom is 0.272 e. The molecule has 5 heteroatoms. The van der Waals surface area contributed by atoms with Gasteiger partial charge in [-0.3, -0.25) is 14.9 Å². The molecule has 1 rings (SSSR count). The molecule has 0 spiro atoms. The Bertz CT molecular complexity index is 544. The number of aryl methyl sites for hydroxylation is 1. The lowest BCUT2D eigenvalue weighted by Crippen LogP contribution is -2.24. The summed E-state index contributed by atoms with van der Waals surface area (Å²) in [7, 11) is 0. The normalized spacial score (nSPS) is 10.6. The fraction of sp³-hybridized carbons (Fsp3) is 0.650. The maximum atomic E-state index is 12.1. The van der Waals surface area contributed by atoms with Crippen LogP contribution in [0.2, 0.25) is 0 Å². The molecule has 1 aromatic carbocycles. The Balaban J connectivity index is 2.11. The van der Waals surface area contributed by atoms with E-state index in [0.29, 0.717) is 17.7 Å². The molecule has 0 heterocycles. The summed E-state index contributed by atoms with van der Waals surface area (Å²) in [5, 5.41) is 13.7. The van der Waals surface area contributed by atoms with Crippen molar-refractivity contribution in [2.24, 2.45) is 0 Å². The quantitative estimate of drug-likeness (QED) is 0.288. The lowest BCUT2D eigenvalue weighted by Gasteiger charge is -2.06. The van der Waals surface area contributed by atoms with Gasteiger partial charge in [0.15, 0.2) is 0 Å². The number of rotatable bonds is 13. The summed E-state index contributed by atoms with van der Waals surface area (Å²) in [4.78, 5) is 22.4. The average Bonchev–Trinajstić information content (AvgIpc) is 2.59. The number of hydrogen-bond acceptors (Lipinski definition) is 3. The highest BCUT2D eigenvalue weighted by Gasteiger charge is 2.13. The molecular weight excluding hydrogens is 316 g/mol. The summed E-state index contributed by atoms with van der Waals surface area (Å²) in [6.07, 6.45) is 12.7. The summed E-state index contributed by atoms with van der Waals surface area (Å²) in [6.45, 7) is 4.55. The minimum Gasteiger partial charge on any atom is -0.352 e. The van der Waals surface area contributed by atoms with Crippen LogP contribution in [0.3, 0.4) is 0 Å². The monoisotopic (exact) mass is 348 g/mol. The Morgan fingerprint density at radius 2 is 1.56 bits per heavy atom. The Morgan fingerprint density at radius 1 is 1.00 bits per heavy atom. The van der Waals surface area contributed by atoms with E-state index in [9.17, 15) is 14.9 Å². The minimum atomic E-state index is -0.430. The number of amides is 1. The van der Waals surface area contributed by atoms with Crippen molar-refractivity contribution < 1.29 is 9.72 Å². The maximum absolute atomic E-state index is 12.1. The highest BCUT2D eigenvalue weighted by molar-refractivity contribution is 5.94. The molecule has 5 nitrogen and oxygen atoms in total. The molecule has 0 aliphatic carbocycles. The third-order valence-corrected chi connectivity index (χ3v) is 4.47. The lowest BCUT2D eigenvalue weighted by molar-refractivity contribution is -0.385. The fourth-order valence-electron chi connectivity index (χ4n) is 2.92. The van der Waals surface area contributed by atoms with E-state index in [-0.39, 0.29) is 11.6 Å². The molecule has 0 bridgehead atoms. The van der Waals surface area contributed by atoms with Crippen LogP contribution in [0.4, 0.5) is 5.69 Å². The topological polar surface area (TPSA) is 72.2 Å². The molecule has 0 radical (unpaired) electrons. The van der Waals surface area contributed by atoms with Gasteiger partial charge in [0, 0.05) is 23.7 Å². The number of nitrogens with zero attached hydrogens (tertiary/aromatic N) is 1. The standard InChI is InChI=1S/C20H32N2O3/c1-3-4-5-6-7-8-9-10-11-12-15-21-20(23)18-13-14-19(22(24)25)17(2)16-18/h13-14,16H,3-12,15H2,1-2H3,(H,21,23). The van der Waals surface area contributed by atoms with Gasteiger partial charge >= 0.3 is 0 Å². The van der Waals surface area contributed by atoms with Gasteiger partial charge in [-0.15, -0.1) is 0 Å². The Labute approximate surface area is 151 Å². The number of unbranched alkanes of at least 4 members (excludes halogenated alkanes) is 9. The molecule has 0 aliphatic heterocycles. The minimum absolute atomic E-state index is 0.0474. The molecule has 1 aromatic rings. The molecule has 0 unspecified atom stereocenters. The van der Waals surface area contributed by atoms with Gasteiger partial charge in [-0.2, -0.15) is 0 Å². The van der Waals surface area contributed by atoms with Gasteiger partial charge in [0.1, 0.15) is 0 Å². The predicted octanol–water partition coefficient (Wildman–Crippen LogP) is 5.55. The van der Waals surface area contributed by atoms with Gasteiger partial charge in [0.05, 0.1) is 4.92 Å². The first-order valence-corrected chi connectivity index (χ1v) is 9.59. The Morgan fingerprint density at radius 3 is 2.08 bits per heavy atom. The fourth-order valence-corrected chi connectivity index (χ4v) is 2.92. The van der Waals surface area contributed by atoms with Crippen molar-refractivity contribution in [3.63, 3.8) is 0 Å². The van der Waals surface area contributed by atoms with Crippen LogP contribution in [0.25, 0.3) is 0 Å². The zero-order chi connectivity index (χ0) is 18.5. The zero-order valence-corrected chi connectivity index (χ0v) is 15.7. The number of nitro groups is 1. The van der Waals surface area contributed by atoms with E-state index >= 15 is 0 Å². The summed E-state index contributed by atoms with van der Waals surface area (Å²) in [5.74, 6) is -0.158. The number of hydrogen-bond donors (Lipinski definition) is 1. The van der Waals surface area contributed by atoms with Crippen molar-refractivity contribution >= 4 is 11.6 Å². The van der Waals surface area contributed by atoms with Crippen molar-refractivity contribution in [2.45, 2.75) is 78.1 Å². The number of carbonyl (C=O) groups is 1. The van der Waals surface area contributed by atoms with E-state index < -0.39 is 4.92 Å². The summed E-state index contributed by atoms with van der Waals surface area (Å²) >= 11 is 0. The van der Waals surface area contributed by atoms with Gasteiger partial charge in [-0.05, 0) is 25.5 Å². The molecule has 140 valence electrons. The highest BCUT2D eigenvalue weighted by Crippen LogP contribution is 2.18. The first-order chi connectivity index (χ1) is 12.1. The SMILES string of the molecule is CCCCCCCCCCCCNC(=O)c1ccc([N+](=O)[O-])c(C)c1. The molecule has 0 aromatic heterocycles. The molecule has 0 fully saturated rings. The lowest BCUT2D eigenvalue weighted by atomic mass is 10.1. The molecular formula is C20H32N2O3. The first kappa shape index (κ1) is 21.1.